The Bertz CT molecular complexity index is 537. The summed E-state index contributed by atoms with van der Waals surface area (Å²) in [5.41, 5.74) is 2.59. The molecule has 0 amide bonds. The first-order valence-corrected chi connectivity index (χ1v) is 6.18. The van der Waals surface area contributed by atoms with Crippen molar-refractivity contribution >= 4 is 11.2 Å². The molecular weight excluding hydrogens is 214 g/mol. The molecule has 0 saturated carbocycles. The molecule has 0 radical (unpaired) electrons. The SMILES string of the molecule is CCCCCCn1cnc(=NC)c2[nH]cnc21. The number of H-pyrrole nitrogens is 1. The zero-order chi connectivity index (χ0) is 12.1. The van der Waals surface area contributed by atoms with Crippen molar-refractivity contribution in [3.05, 3.63) is 18.1 Å². The molecule has 0 bridgehead atoms. The maximum Gasteiger partial charge on any atom is 0.176 e. The van der Waals surface area contributed by atoms with Gasteiger partial charge in [0.15, 0.2) is 11.1 Å². The monoisotopic (exact) mass is 233 g/mol. The summed E-state index contributed by atoms with van der Waals surface area (Å²) in [6.45, 7) is 3.19. The van der Waals surface area contributed by atoms with Crippen LogP contribution in [0.1, 0.15) is 32.6 Å². The predicted octanol–water partition coefficient (Wildman–Crippen LogP) is 1.87. The van der Waals surface area contributed by atoms with E-state index in [0.717, 1.165) is 23.2 Å². The largest absolute Gasteiger partial charge is 0.340 e. The van der Waals surface area contributed by atoms with Crippen molar-refractivity contribution in [1.82, 2.24) is 19.5 Å². The standard InChI is InChI=1S/C12H19N5/c1-3-4-5-6-7-17-9-16-11(13-2)10-12(17)15-8-14-10/h8-9H,3-7H2,1-2H3,(H,14,15). The maximum absolute atomic E-state index is 4.33. The van der Waals surface area contributed by atoms with Crippen molar-refractivity contribution in [2.75, 3.05) is 7.05 Å². The minimum absolute atomic E-state index is 0.724. The van der Waals surface area contributed by atoms with Gasteiger partial charge in [-0.3, -0.25) is 4.99 Å². The number of nitrogens with zero attached hydrogens (tertiary/aromatic N) is 4. The average Bonchev–Trinajstić information content (AvgIpc) is 2.84. The second-order valence-electron chi connectivity index (χ2n) is 4.15. The van der Waals surface area contributed by atoms with Gasteiger partial charge in [0.1, 0.15) is 5.52 Å². The lowest BCUT2D eigenvalue weighted by atomic mass is 10.2. The van der Waals surface area contributed by atoms with Gasteiger partial charge in [0.25, 0.3) is 0 Å². The number of aryl methyl sites for hydroxylation is 1. The third-order valence-corrected chi connectivity index (χ3v) is 2.90. The van der Waals surface area contributed by atoms with E-state index in [1.165, 1.54) is 25.7 Å². The lowest BCUT2D eigenvalue weighted by Gasteiger charge is -2.06. The van der Waals surface area contributed by atoms with Gasteiger partial charge in [-0.25, -0.2) is 9.97 Å². The summed E-state index contributed by atoms with van der Waals surface area (Å²) in [5.74, 6) is 0. The van der Waals surface area contributed by atoms with Gasteiger partial charge < -0.3 is 9.55 Å². The first kappa shape index (κ1) is 11.8. The molecule has 5 nitrogen and oxygen atoms in total. The molecule has 0 fully saturated rings. The van der Waals surface area contributed by atoms with Crippen molar-refractivity contribution in [1.29, 1.82) is 0 Å². The van der Waals surface area contributed by atoms with Gasteiger partial charge in [-0.05, 0) is 6.42 Å². The summed E-state index contributed by atoms with van der Waals surface area (Å²) in [7, 11) is 1.74. The van der Waals surface area contributed by atoms with Gasteiger partial charge in [0, 0.05) is 13.6 Å². The topological polar surface area (TPSA) is 58.9 Å². The van der Waals surface area contributed by atoms with E-state index in [0.29, 0.717) is 0 Å². The van der Waals surface area contributed by atoms with Crippen molar-refractivity contribution in [2.45, 2.75) is 39.2 Å². The number of hydrogen-bond acceptors (Lipinski definition) is 3. The summed E-state index contributed by atoms with van der Waals surface area (Å²) in [6, 6.07) is 0. The van der Waals surface area contributed by atoms with Crippen molar-refractivity contribution in [2.24, 2.45) is 4.99 Å². The van der Waals surface area contributed by atoms with Crippen LogP contribution in [0.25, 0.3) is 11.2 Å². The summed E-state index contributed by atoms with van der Waals surface area (Å²) < 4.78 is 2.09. The Kier molecular flexibility index (Phi) is 3.90. The summed E-state index contributed by atoms with van der Waals surface area (Å²) >= 11 is 0. The quantitative estimate of drug-likeness (QED) is 0.801. The van der Waals surface area contributed by atoms with Gasteiger partial charge >= 0.3 is 0 Å². The fourth-order valence-corrected chi connectivity index (χ4v) is 1.96. The third kappa shape index (κ3) is 2.54. The van der Waals surface area contributed by atoms with Crippen molar-refractivity contribution in [3.8, 4) is 0 Å². The van der Waals surface area contributed by atoms with E-state index >= 15 is 0 Å². The highest BCUT2D eigenvalue weighted by atomic mass is 15.1. The lowest BCUT2D eigenvalue weighted by Crippen LogP contribution is -2.14. The minimum atomic E-state index is 0.724. The first-order valence-electron chi connectivity index (χ1n) is 6.18. The smallest absolute Gasteiger partial charge is 0.176 e. The van der Waals surface area contributed by atoms with Gasteiger partial charge in [-0.15, -0.1) is 0 Å². The Morgan fingerprint density at radius 2 is 2.18 bits per heavy atom. The molecule has 17 heavy (non-hydrogen) atoms. The van der Waals surface area contributed by atoms with Crippen molar-refractivity contribution in [3.63, 3.8) is 0 Å². The van der Waals surface area contributed by atoms with Crippen LogP contribution in [0.3, 0.4) is 0 Å². The molecule has 0 aliphatic heterocycles. The normalized spacial score (nSPS) is 12.5. The van der Waals surface area contributed by atoms with E-state index in [-0.39, 0.29) is 0 Å². The van der Waals surface area contributed by atoms with E-state index < -0.39 is 0 Å². The van der Waals surface area contributed by atoms with Gasteiger partial charge in [0.05, 0.1) is 12.7 Å². The molecule has 0 spiro atoms. The van der Waals surface area contributed by atoms with Crippen LogP contribution in [0.5, 0.6) is 0 Å². The molecule has 2 rings (SSSR count). The molecule has 1 N–H and O–H groups in total. The van der Waals surface area contributed by atoms with Crippen LogP contribution in [0.4, 0.5) is 0 Å². The number of fused-ring (bicyclic) bond motifs is 1. The van der Waals surface area contributed by atoms with E-state index in [9.17, 15) is 0 Å². The maximum atomic E-state index is 4.33. The number of unbranched alkanes of at least 4 members (excludes halogenated alkanes) is 3. The Morgan fingerprint density at radius 3 is 2.94 bits per heavy atom. The third-order valence-electron chi connectivity index (χ3n) is 2.90. The summed E-state index contributed by atoms with van der Waals surface area (Å²) in [5, 5.41) is 0. The summed E-state index contributed by atoms with van der Waals surface area (Å²) in [6.07, 6.45) is 8.51. The van der Waals surface area contributed by atoms with Crippen LogP contribution in [0.2, 0.25) is 0 Å². The first-order chi connectivity index (χ1) is 8.36. The second kappa shape index (κ2) is 5.61. The van der Waals surface area contributed by atoms with Gasteiger partial charge in [0.2, 0.25) is 0 Å². The highest BCUT2D eigenvalue weighted by Gasteiger charge is 2.04. The van der Waals surface area contributed by atoms with Crippen LogP contribution >= 0.6 is 0 Å². The van der Waals surface area contributed by atoms with Crippen LogP contribution in [0, 0.1) is 0 Å². The molecular formula is C12H19N5. The molecule has 2 heterocycles. The van der Waals surface area contributed by atoms with E-state index in [1.54, 1.807) is 13.4 Å². The molecule has 2 aromatic rings. The molecule has 2 aromatic heterocycles. The zero-order valence-corrected chi connectivity index (χ0v) is 10.5. The van der Waals surface area contributed by atoms with Crippen LogP contribution < -0.4 is 5.49 Å². The molecule has 0 aliphatic carbocycles. The Morgan fingerprint density at radius 1 is 1.29 bits per heavy atom. The molecule has 0 atom stereocenters. The number of imidazole rings is 1. The van der Waals surface area contributed by atoms with Gasteiger partial charge in [-0.2, -0.15) is 0 Å². The Hall–Kier alpha value is -1.65. The van der Waals surface area contributed by atoms with Crippen LogP contribution in [-0.4, -0.2) is 26.6 Å². The fourth-order valence-electron chi connectivity index (χ4n) is 1.96. The van der Waals surface area contributed by atoms with Crippen LogP contribution in [-0.2, 0) is 6.54 Å². The fraction of sp³-hybridized carbons (Fsp3) is 0.583. The molecule has 5 heteroatoms. The summed E-state index contributed by atoms with van der Waals surface area (Å²) in [4.78, 5) is 15.9. The van der Waals surface area contributed by atoms with E-state index in [2.05, 4.69) is 31.4 Å². The molecule has 92 valence electrons. The second-order valence-corrected chi connectivity index (χ2v) is 4.15. The minimum Gasteiger partial charge on any atom is -0.340 e. The molecule has 0 unspecified atom stereocenters. The molecule has 0 aliphatic rings. The molecule has 0 saturated heterocycles. The van der Waals surface area contributed by atoms with Crippen LogP contribution in [0.15, 0.2) is 17.6 Å². The highest BCUT2D eigenvalue weighted by Crippen LogP contribution is 2.06. The number of aromatic nitrogens is 4. The number of aromatic amines is 1. The highest BCUT2D eigenvalue weighted by molar-refractivity contribution is 5.68. The van der Waals surface area contributed by atoms with E-state index in [4.69, 9.17) is 0 Å². The lowest BCUT2D eigenvalue weighted by molar-refractivity contribution is 0.583. The Balaban J connectivity index is 2.21. The van der Waals surface area contributed by atoms with Gasteiger partial charge in [-0.1, -0.05) is 26.2 Å². The number of hydrogen-bond donors (Lipinski definition) is 1. The number of nitrogens with one attached hydrogen (secondary N) is 1. The zero-order valence-electron chi connectivity index (χ0n) is 10.5. The van der Waals surface area contributed by atoms with E-state index in [1.807, 2.05) is 6.33 Å². The average molecular weight is 233 g/mol. The Labute approximate surface area is 101 Å². The number of rotatable bonds is 5. The predicted molar refractivity (Wildman–Crippen MR) is 67.5 cm³/mol. The molecule has 0 aromatic carbocycles. The van der Waals surface area contributed by atoms with Crippen molar-refractivity contribution < 1.29 is 0 Å².